The van der Waals surface area contributed by atoms with Crippen molar-refractivity contribution in [3.63, 3.8) is 0 Å². The molecule has 3 nitrogen and oxygen atoms in total. The van der Waals surface area contributed by atoms with Crippen LogP contribution in [0.15, 0.2) is 48.5 Å². The van der Waals surface area contributed by atoms with Crippen LogP contribution in [0.4, 0.5) is 5.69 Å². The zero-order valence-electron chi connectivity index (χ0n) is 13.6. The Kier molecular flexibility index (Phi) is 5.45. The van der Waals surface area contributed by atoms with E-state index in [-0.39, 0.29) is 18.3 Å². The molecule has 0 aromatic heterocycles. The van der Waals surface area contributed by atoms with Gasteiger partial charge in [0, 0.05) is 12.2 Å². The van der Waals surface area contributed by atoms with Gasteiger partial charge in [0.15, 0.2) is 0 Å². The number of halogens is 1. The van der Waals surface area contributed by atoms with Gasteiger partial charge in [0.05, 0.1) is 5.41 Å². The monoisotopic (exact) mass is 330 g/mol. The van der Waals surface area contributed by atoms with Crippen molar-refractivity contribution in [3.8, 4) is 0 Å². The van der Waals surface area contributed by atoms with Crippen LogP contribution in [0.2, 0.25) is 0 Å². The fourth-order valence-corrected chi connectivity index (χ4v) is 2.83. The van der Waals surface area contributed by atoms with Gasteiger partial charge < -0.3 is 10.6 Å². The molecular weight excluding hydrogens is 308 g/mol. The summed E-state index contributed by atoms with van der Waals surface area (Å²) in [4.78, 5) is 12.7. The van der Waals surface area contributed by atoms with E-state index < -0.39 is 5.41 Å². The Morgan fingerprint density at radius 3 is 2.57 bits per heavy atom. The average Bonchev–Trinajstić information content (AvgIpc) is 2.55. The van der Waals surface area contributed by atoms with Crippen LogP contribution in [-0.4, -0.2) is 12.5 Å². The second-order valence-electron chi connectivity index (χ2n) is 6.36. The Bertz CT molecular complexity index is 683. The van der Waals surface area contributed by atoms with Gasteiger partial charge in [-0.3, -0.25) is 4.79 Å². The van der Waals surface area contributed by atoms with E-state index in [1.807, 2.05) is 50.2 Å². The van der Waals surface area contributed by atoms with Gasteiger partial charge in [-0.15, -0.1) is 12.4 Å². The molecule has 0 aliphatic carbocycles. The minimum Gasteiger partial charge on any atom is -0.325 e. The minimum absolute atomic E-state index is 0. The van der Waals surface area contributed by atoms with Gasteiger partial charge in [-0.25, -0.2) is 0 Å². The number of fused-ring (bicyclic) bond motifs is 1. The van der Waals surface area contributed by atoms with Crippen LogP contribution in [-0.2, 0) is 23.2 Å². The van der Waals surface area contributed by atoms with Gasteiger partial charge in [-0.2, -0.15) is 0 Å². The maximum Gasteiger partial charge on any atom is 0.234 e. The number of hydrogen-bond donors (Lipinski definition) is 2. The summed E-state index contributed by atoms with van der Waals surface area (Å²) >= 11 is 0. The fourth-order valence-electron chi connectivity index (χ4n) is 2.83. The first-order valence-electron chi connectivity index (χ1n) is 7.77. The van der Waals surface area contributed by atoms with Crippen molar-refractivity contribution in [1.29, 1.82) is 0 Å². The largest absolute Gasteiger partial charge is 0.325 e. The SMILES string of the molecule is CC(C)(C(=O)Nc1ccc2c(c1)CNCC2)c1ccccc1.Cl. The lowest BCUT2D eigenvalue weighted by Crippen LogP contribution is -2.34. The molecule has 0 saturated carbocycles. The molecule has 23 heavy (non-hydrogen) atoms. The number of benzene rings is 2. The molecule has 2 aromatic carbocycles. The molecule has 1 aliphatic rings. The van der Waals surface area contributed by atoms with Crippen molar-refractivity contribution in [2.45, 2.75) is 32.2 Å². The molecule has 1 aliphatic heterocycles. The fraction of sp³-hybridized carbons (Fsp3) is 0.316. The summed E-state index contributed by atoms with van der Waals surface area (Å²) in [6.07, 6.45) is 1.05. The number of carbonyl (C=O) groups excluding carboxylic acids is 1. The Balaban J connectivity index is 0.00000192. The number of carbonyl (C=O) groups is 1. The number of anilines is 1. The molecule has 0 saturated heterocycles. The Hall–Kier alpha value is -1.84. The van der Waals surface area contributed by atoms with Crippen molar-refractivity contribution >= 4 is 24.0 Å². The second kappa shape index (κ2) is 7.16. The van der Waals surface area contributed by atoms with Gasteiger partial charge >= 0.3 is 0 Å². The third-order valence-corrected chi connectivity index (χ3v) is 4.41. The quantitative estimate of drug-likeness (QED) is 0.901. The molecule has 0 unspecified atom stereocenters. The summed E-state index contributed by atoms with van der Waals surface area (Å²) in [7, 11) is 0. The van der Waals surface area contributed by atoms with Crippen LogP contribution in [0.25, 0.3) is 0 Å². The van der Waals surface area contributed by atoms with E-state index >= 15 is 0 Å². The minimum atomic E-state index is -0.560. The normalized spacial score (nSPS) is 13.7. The molecule has 0 radical (unpaired) electrons. The number of amides is 1. The molecule has 0 spiro atoms. The zero-order chi connectivity index (χ0) is 15.6. The molecule has 2 aromatic rings. The highest BCUT2D eigenvalue weighted by Crippen LogP contribution is 2.26. The lowest BCUT2D eigenvalue weighted by atomic mass is 9.83. The average molecular weight is 331 g/mol. The van der Waals surface area contributed by atoms with Crippen LogP contribution in [0.3, 0.4) is 0 Å². The lowest BCUT2D eigenvalue weighted by Gasteiger charge is -2.25. The first kappa shape index (κ1) is 17.5. The summed E-state index contributed by atoms with van der Waals surface area (Å²) in [6, 6.07) is 16.1. The highest BCUT2D eigenvalue weighted by molar-refractivity contribution is 5.98. The van der Waals surface area contributed by atoms with E-state index in [2.05, 4.69) is 22.8 Å². The van der Waals surface area contributed by atoms with E-state index in [1.165, 1.54) is 11.1 Å². The highest BCUT2D eigenvalue weighted by Gasteiger charge is 2.29. The molecule has 4 heteroatoms. The molecular formula is C19H23ClN2O. The Morgan fingerprint density at radius 2 is 1.83 bits per heavy atom. The van der Waals surface area contributed by atoms with E-state index in [0.717, 1.165) is 30.8 Å². The van der Waals surface area contributed by atoms with Gasteiger partial charge in [0.1, 0.15) is 0 Å². The summed E-state index contributed by atoms with van der Waals surface area (Å²) < 4.78 is 0. The van der Waals surface area contributed by atoms with Crippen molar-refractivity contribution < 1.29 is 4.79 Å². The maximum absolute atomic E-state index is 12.7. The van der Waals surface area contributed by atoms with Gasteiger partial charge in [-0.1, -0.05) is 36.4 Å². The van der Waals surface area contributed by atoms with Crippen LogP contribution >= 0.6 is 12.4 Å². The third kappa shape index (κ3) is 3.74. The molecule has 0 atom stereocenters. The molecule has 0 fully saturated rings. The van der Waals surface area contributed by atoms with Crippen LogP contribution in [0.5, 0.6) is 0 Å². The maximum atomic E-state index is 12.7. The van der Waals surface area contributed by atoms with E-state index in [9.17, 15) is 4.79 Å². The van der Waals surface area contributed by atoms with Crippen LogP contribution in [0, 0.1) is 0 Å². The Labute approximate surface area is 143 Å². The van der Waals surface area contributed by atoms with Gasteiger partial charge in [0.2, 0.25) is 5.91 Å². The summed E-state index contributed by atoms with van der Waals surface area (Å²) in [5.41, 5.74) is 3.99. The third-order valence-electron chi connectivity index (χ3n) is 4.41. The number of nitrogens with one attached hydrogen (secondary N) is 2. The van der Waals surface area contributed by atoms with E-state index in [4.69, 9.17) is 0 Å². The zero-order valence-corrected chi connectivity index (χ0v) is 14.4. The molecule has 2 N–H and O–H groups in total. The predicted octanol–water partition coefficient (Wildman–Crippen LogP) is 3.67. The predicted molar refractivity (Wildman–Crippen MR) is 97.2 cm³/mol. The van der Waals surface area contributed by atoms with E-state index in [1.54, 1.807) is 0 Å². The van der Waals surface area contributed by atoms with E-state index in [0.29, 0.717) is 0 Å². The summed E-state index contributed by atoms with van der Waals surface area (Å²) in [6.45, 7) is 5.82. The number of hydrogen-bond acceptors (Lipinski definition) is 2. The molecule has 1 amide bonds. The van der Waals surface area contributed by atoms with Gasteiger partial charge in [0.25, 0.3) is 0 Å². The van der Waals surface area contributed by atoms with Crippen molar-refractivity contribution in [1.82, 2.24) is 5.32 Å². The summed E-state index contributed by atoms with van der Waals surface area (Å²) in [5, 5.41) is 6.43. The topological polar surface area (TPSA) is 41.1 Å². The van der Waals surface area contributed by atoms with Crippen molar-refractivity contribution in [3.05, 3.63) is 65.2 Å². The molecule has 1 heterocycles. The first-order valence-corrected chi connectivity index (χ1v) is 7.77. The summed E-state index contributed by atoms with van der Waals surface area (Å²) in [5.74, 6) is 0.0161. The van der Waals surface area contributed by atoms with Crippen molar-refractivity contribution in [2.24, 2.45) is 0 Å². The van der Waals surface area contributed by atoms with Gasteiger partial charge in [-0.05, 0) is 55.6 Å². The molecule has 122 valence electrons. The van der Waals surface area contributed by atoms with Crippen LogP contribution < -0.4 is 10.6 Å². The smallest absolute Gasteiger partial charge is 0.234 e. The second-order valence-corrected chi connectivity index (χ2v) is 6.36. The first-order chi connectivity index (χ1) is 10.6. The highest BCUT2D eigenvalue weighted by atomic mass is 35.5. The standard InChI is InChI=1S/C19H22N2O.ClH/c1-19(2,16-6-4-3-5-7-16)18(22)21-17-9-8-14-10-11-20-13-15(14)12-17;/h3-9,12,20H,10-11,13H2,1-2H3,(H,21,22);1H. The number of rotatable bonds is 3. The lowest BCUT2D eigenvalue weighted by molar-refractivity contribution is -0.120. The molecule has 0 bridgehead atoms. The van der Waals surface area contributed by atoms with Crippen LogP contribution in [0.1, 0.15) is 30.5 Å². The molecule has 3 rings (SSSR count). The van der Waals surface area contributed by atoms with Crippen molar-refractivity contribution in [2.75, 3.05) is 11.9 Å². The Morgan fingerprint density at radius 1 is 1.09 bits per heavy atom.